The van der Waals surface area contributed by atoms with Crippen LogP contribution in [0.3, 0.4) is 0 Å². The van der Waals surface area contributed by atoms with E-state index < -0.39 is 0 Å². The van der Waals surface area contributed by atoms with Crippen LogP contribution in [0.1, 0.15) is 5.56 Å². The molecule has 0 aliphatic rings. The first-order chi connectivity index (χ1) is 5.25. The van der Waals surface area contributed by atoms with E-state index in [1.54, 1.807) is 12.4 Å². The Hall–Kier alpha value is -1.58. The molecule has 0 spiro atoms. The molecule has 4 heteroatoms. The minimum Gasteiger partial charge on any atom is -0.382 e. The summed E-state index contributed by atoms with van der Waals surface area (Å²) < 4.78 is 1.81. The lowest BCUT2D eigenvalue weighted by Gasteiger charge is -1.91. The van der Waals surface area contributed by atoms with Crippen molar-refractivity contribution in [3.05, 3.63) is 24.2 Å². The summed E-state index contributed by atoms with van der Waals surface area (Å²) in [5.74, 6) is 1.15. The van der Waals surface area contributed by atoms with E-state index in [0.29, 0.717) is 11.6 Å². The number of aryl methyl sites for hydroxylation is 1. The highest BCUT2D eigenvalue weighted by atomic mass is 15.1. The van der Waals surface area contributed by atoms with Crippen molar-refractivity contribution < 1.29 is 0 Å². The third kappa shape index (κ3) is 0.920. The summed E-state index contributed by atoms with van der Waals surface area (Å²) in [6.07, 6.45) is 5.45. The average Bonchev–Trinajstić information content (AvgIpc) is 2.27. The van der Waals surface area contributed by atoms with Gasteiger partial charge in [0.15, 0.2) is 0 Å². The van der Waals surface area contributed by atoms with E-state index in [0.717, 1.165) is 5.56 Å². The monoisotopic (exact) mass is 148 g/mol. The minimum atomic E-state index is 0.503. The van der Waals surface area contributed by atoms with Gasteiger partial charge in [-0.1, -0.05) is 0 Å². The van der Waals surface area contributed by atoms with Gasteiger partial charge in [-0.2, -0.15) is 4.98 Å². The zero-order valence-corrected chi connectivity index (χ0v) is 6.15. The van der Waals surface area contributed by atoms with Crippen molar-refractivity contribution in [3.63, 3.8) is 0 Å². The van der Waals surface area contributed by atoms with Crippen LogP contribution in [-0.4, -0.2) is 14.4 Å². The van der Waals surface area contributed by atoms with Gasteiger partial charge in [0.25, 0.3) is 0 Å². The minimum absolute atomic E-state index is 0.503. The van der Waals surface area contributed by atoms with Gasteiger partial charge >= 0.3 is 0 Å². The zero-order valence-electron chi connectivity index (χ0n) is 6.15. The largest absolute Gasteiger partial charge is 0.382 e. The van der Waals surface area contributed by atoms with Crippen molar-refractivity contribution in [3.8, 4) is 0 Å². The second kappa shape index (κ2) is 1.95. The number of anilines is 1. The topological polar surface area (TPSA) is 56.2 Å². The summed E-state index contributed by atoms with van der Waals surface area (Å²) in [6.45, 7) is 1.97. The molecule has 2 rings (SSSR count). The molecule has 0 fully saturated rings. The predicted molar refractivity (Wildman–Crippen MR) is 42.1 cm³/mol. The van der Waals surface area contributed by atoms with Gasteiger partial charge in [-0.05, 0) is 12.5 Å². The molecule has 4 nitrogen and oxygen atoms in total. The van der Waals surface area contributed by atoms with Crippen LogP contribution in [0.4, 0.5) is 5.82 Å². The van der Waals surface area contributed by atoms with E-state index >= 15 is 0 Å². The molecule has 2 aromatic heterocycles. The molecule has 0 saturated carbocycles. The Morgan fingerprint density at radius 3 is 3.09 bits per heavy atom. The van der Waals surface area contributed by atoms with Crippen LogP contribution in [0.2, 0.25) is 0 Å². The summed E-state index contributed by atoms with van der Waals surface area (Å²) in [6, 6.07) is 0. The van der Waals surface area contributed by atoms with Crippen LogP contribution >= 0.6 is 0 Å². The van der Waals surface area contributed by atoms with E-state index in [1.807, 2.05) is 17.5 Å². The van der Waals surface area contributed by atoms with Crippen molar-refractivity contribution in [2.75, 3.05) is 5.73 Å². The van der Waals surface area contributed by atoms with Gasteiger partial charge in [0.2, 0.25) is 5.78 Å². The maximum absolute atomic E-state index is 5.47. The number of rotatable bonds is 0. The summed E-state index contributed by atoms with van der Waals surface area (Å²) >= 11 is 0. The van der Waals surface area contributed by atoms with Crippen LogP contribution in [0.15, 0.2) is 18.6 Å². The van der Waals surface area contributed by atoms with Gasteiger partial charge in [0, 0.05) is 12.4 Å². The molecule has 0 radical (unpaired) electrons. The Kier molecular flexibility index (Phi) is 1.09. The Morgan fingerprint density at radius 1 is 1.45 bits per heavy atom. The molecule has 2 aromatic rings. The maximum Gasteiger partial charge on any atom is 0.235 e. The summed E-state index contributed by atoms with van der Waals surface area (Å²) in [7, 11) is 0. The van der Waals surface area contributed by atoms with Crippen molar-refractivity contribution in [1.82, 2.24) is 14.4 Å². The molecule has 0 amide bonds. The molecule has 0 atom stereocenters. The first kappa shape index (κ1) is 6.15. The Morgan fingerprint density at radius 2 is 2.27 bits per heavy atom. The third-order valence-corrected chi connectivity index (χ3v) is 1.46. The lowest BCUT2D eigenvalue weighted by atomic mass is 10.4. The van der Waals surface area contributed by atoms with Gasteiger partial charge in [0.1, 0.15) is 5.82 Å². The molecule has 2 N–H and O–H groups in total. The zero-order chi connectivity index (χ0) is 7.84. The Bertz CT molecular complexity index is 390. The van der Waals surface area contributed by atoms with Crippen molar-refractivity contribution in [2.45, 2.75) is 6.92 Å². The fourth-order valence-corrected chi connectivity index (χ4v) is 1.01. The van der Waals surface area contributed by atoms with Crippen molar-refractivity contribution >= 4 is 11.6 Å². The smallest absolute Gasteiger partial charge is 0.235 e. The standard InChI is InChI=1S/C7H8N4/c1-5-2-9-7-10-6(8)4-11(7)3-5/h2-4H,8H2,1H3. The van der Waals surface area contributed by atoms with E-state index in [4.69, 9.17) is 5.73 Å². The number of nitrogens with two attached hydrogens (primary N) is 1. The molecule has 0 aliphatic heterocycles. The quantitative estimate of drug-likeness (QED) is 0.595. The predicted octanol–water partition coefficient (Wildman–Crippen LogP) is 0.620. The first-order valence-electron chi connectivity index (χ1n) is 3.32. The fraction of sp³-hybridized carbons (Fsp3) is 0.143. The Labute approximate surface area is 63.7 Å². The second-order valence-corrected chi connectivity index (χ2v) is 2.50. The summed E-state index contributed by atoms with van der Waals surface area (Å²) in [5, 5.41) is 0. The number of fused-ring (bicyclic) bond motifs is 1. The Balaban J connectivity index is 2.82. The highest BCUT2D eigenvalue weighted by Gasteiger charge is 1.97. The van der Waals surface area contributed by atoms with Gasteiger partial charge in [0.05, 0.1) is 6.20 Å². The normalized spacial score (nSPS) is 10.6. The van der Waals surface area contributed by atoms with Crippen molar-refractivity contribution in [2.24, 2.45) is 0 Å². The molecule has 2 heterocycles. The highest BCUT2D eigenvalue weighted by Crippen LogP contribution is 2.03. The van der Waals surface area contributed by atoms with Gasteiger partial charge in [-0.25, -0.2) is 4.98 Å². The van der Waals surface area contributed by atoms with Gasteiger partial charge in [-0.15, -0.1) is 0 Å². The van der Waals surface area contributed by atoms with E-state index in [1.165, 1.54) is 0 Å². The number of hydrogen-bond acceptors (Lipinski definition) is 3. The van der Waals surface area contributed by atoms with Crippen molar-refractivity contribution in [1.29, 1.82) is 0 Å². The molecule has 0 aliphatic carbocycles. The van der Waals surface area contributed by atoms with E-state index in [2.05, 4.69) is 9.97 Å². The van der Waals surface area contributed by atoms with Gasteiger partial charge in [-0.3, -0.25) is 4.40 Å². The fourth-order valence-electron chi connectivity index (χ4n) is 1.01. The second-order valence-electron chi connectivity index (χ2n) is 2.50. The third-order valence-electron chi connectivity index (χ3n) is 1.46. The number of hydrogen-bond donors (Lipinski definition) is 1. The summed E-state index contributed by atoms with van der Waals surface area (Å²) in [4.78, 5) is 8.06. The lowest BCUT2D eigenvalue weighted by molar-refractivity contribution is 1.08. The van der Waals surface area contributed by atoms with Crippen LogP contribution in [-0.2, 0) is 0 Å². The first-order valence-corrected chi connectivity index (χ1v) is 3.32. The molecule has 0 bridgehead atoms. The molecular formula is C7H8N4. The van der Waals surface area contributed by atoms with Crippen LogP contribution in [0.25, 0.3) is 5.78 Å². The van der Waals surface area contributed by atoms with E-state index in [-0.39, 0.29) is 0 Å². The maximum atomic E-state index is 5.47. The number of aromatic nitrogens is 3. The van der Waals surface area contributed by atoms with Crippen LogP contribution in [0, 0.1) is 6.92 Å². The van der Waals surface area contributed by atoms with E-state index in [9.17, 15) is 0 Å². The lowest BCUT2D eigenvalue weighted by Crippen LogP contribution is -1.87. The van der Waals surface area contributed by atoms with Crippen LogP contribution < -0.4 is 5.73 Å². The SMILES string of the molecule is Cc1cnc2nc(N)cn2c1. The highest BCUT2D eigenvalue weighted by molar-refractivity contribution is 5.40. The average molecular weight is 148 g/mol. The number of imidazole rings is 1. The molecule has 0 aromatic carbocycles. The van der Waals surface area contributed by atoms with Gasteiger partial charge < -0.3 is 5.73 Å². The molecule has 0 unspecified atom stereocenters. The van der Waals surface area contributed by atoms with Crippen LogP contribution in [0.5, 0.6) is 0 Å². The molecule has 11 heavy (non-hydrogen) atoms. The number of nitrogens with zero attached hydrogens (tertiary/aromatic N) is 3. The molecular weight excluding hydrogens is 140 g/mol. The molecule has 0 saturated heterocycles. The number of nitrogen functional groups attached to an aromatic ring is 1. The molecule has 56 valence electrons. The summed E-state index contributed by atoms with van der Waals surface area (Å²) in [5.41, 5.74) is 6.56.